The molecule has 80 valence electrons. The molecule has 0 aliphatic carbocycles. The van der Waals surface area contributed by atoms with Gasteiger partial charge in [0.15, 0.2) is 0 Å². The van der Waals surface area contributed by atoms with E-state index < -0.39 is 0 Å². The summed E-state index contributed by atoms with van der Waals surface area (Å²) in [5, 5.41) is 3.37. The summed E-state index contributed by atoms with van der Waals surface area (Å²) in [5.41, 5.74) is 2.70. The zero-order valence-electron chi connectivity index (χ0n) is 9.29. The van der Waals surface area contributed by atoms with E-state index >= 15 is 0 Å². The summed E-state index contributed by atoms with van der Waals surface area (Å²) >= 11 is 1.96. The molecule has 2 heteroatoms. The highest BCUT2D eigenvalue weighted by atomic mass is 32.2. The number of fused-ring (bicyclic) bond motifs is 1. The molecule has 0 radical (unpaired) electrons. The predicted octanol–water partition coefficient (Wildman–Crippen LogP) is 3.04. The van der Waals surface area contributed by atoms with Gasteiger partial charge in [0.2, 0.25) is 0 Å². The molecule has 1 nitrogen and oxygen atoms in total. The number of hydrogen-bond donors (Lipinski definition) is 1. The molecule has 0 bridgehead atoms. The second-order valence-electron chi connectivity index (χ2n) is 4.07. The van der Waals surface area contributed by atoms with Gasteiger partial charge in [-0.25, -0.2) is 0 Å². The fourth-order valence-electron chi connectivity index (χ4n) is 2.25. The zero-order chi connectivity index (χ0) is 10.8. The summed E-state index contributed by atoms with van der Waals surface area (Å²) in [5.74, 6) is 1.74. The van der Waals surface area contributed by atoms with Crippen LogP contribution in [0.5, 0.6) is 0 Å². The van der Waals surface area contributed by atoms with E-state index in [4.69, 9.17) is 0 Å². The lowest BCUT2D eigenvalue weighted by molar-refractivity contribution is 0.554. The van der Waals surface area contributed by atoms with Gasteiger partial charge in [0, 0.05) is 22.6 Å². The number of thioether (sulfide) groups is 1. The van der Waals surface area contributed by atoms with Gasteiger partial charge in [0.05, 0.1) is 0 Å². The van der Waals surface area contributed by atoms with Crippen molar-refractivity contribution < 1.29 is 0 Å². The average Bonchev–Trinajstić information content (AvgIpc) is 2.63. The Morgan fingerprint density at radius 2 is 2.27 bits per heavy atom. The molecule has 2 rings (SSSR count). The van der Waals surface area contributed by atoms with E-state index in [-0.39, 0.29) is 0 Å². The highest BCUT2D eigenvalue weighted by Gasteiger charge is 2.29. The van der Waals surface area contributed by atoms with Crippen LogP contribution in [0.1, 0.15) is 18.4 Å². The Balaban J connectivity index is 2.30. The maximum absolute atomic E-state index is 4.07. The lowest BCUT2D eigenvalue weighted by atomic mass is 9.90. The van der Waals surface area contributed by atoms with Gasteiger partial charge >= 0.3 is 0 Å². The first-order chi connectivity index (χ1) is 7.24. The van der Waals surface area contributed by atoms with Crippen molar-refractivity contribution in [2.75, 3.05) is 12.8 Å². The fourth-order valence-corrected chi connectivity index (χ4v) is 3.55. The van der Waals surface area contributed by atoms with E-state index in [2.05, 4.69) is 43.1 Å². The van der Waals surface area contributed by atoms with Gasteiger partial charge in [-0.3, -0.25) is 0 Å². The number of rotatable bonds is 3. The van der Waals surface area contributed by atoms with E-state index in [9.17, 15) is 0 Å². The lowest BCUT2D eigenvalue weighted by Gasteiger charge is -2.23. The largest absolute Gasteiger partial charge is 0.313 e. The van der Waals surface area contributed by atoms with Crippen molar-refractivity contribution in [2.45, 2.75) is 23.8 Å². The first kappa shape index (κ1) is 10.8. The molecule has 2 unspecified atom stereocenters. The molecule has 0 amide bonds. The van der Waals surface area contributed by atoms with E-state index in [1.165, 1.54) is 16.0 Å². The van der Waals surface area contributed by atoms with Gasteiger partial charge in [0.25, 0.3) is 0 Å². The van der Waals surface area contributed by atoms with E-state index in [1.54, 1.807) is 0 Å². The minimum atomic E-state index is 0.404. The van der Waals surface area contributed by atoms with Crippen LogP contribution < -0.4 is 5.32 Å². The van der Waals surface area contributed by atoms with Gasteiger partial charge in [-0.1, -0.05) is 30.4 Å². The van der Waals surface area contributed by atoms with Crippen molar-refractivity contribution in [1.29, 1.82) is 0 Å². The van der Waals surface area contributed by atoms with Crippen molar-refractivity contribution in [3.8, 4) is 0 Å². The van der Waals surface area contributed by atoms with Crippen molar-refractivity contribution in [3.63, 3.8) is 0 Å². The minimum absolute atomic E-state index is 0.404. The molecule has 0 saturated carbocycles. The minimum Gasteiger partial charge on any atom is -0.313 e. The number of hydrogen-bond acceptors (Lipinski definition) is 2. The SMILES string of the molecule is C=C(C)C(NC)C1CSc2ccccc21. The first-order valence-electron chi connectivity index (χ1n) is 5.28. The van der Waals surface area contributed by atoms with Crippen molar-refractivity contribution in [1.82, 2.24) is 5.32 Å². The Morgan fingerprint density at radius 1 is 1.53 bits per heavy atom. The normalized spacial score (nSPS) is 21.1. The van der Waals surface area contributed by atoms with Gasteiger partial charge in [-0.2, -0.15) is 0 Å². The molecule has 0 spiro atoms. The number of likely N-dealkylation sites (N-methyl/N-ethyl adjacent to an activating group) is 1. The Kier molecular flexibility index (Phi) is 3.17. The molecule has 2 atom stereocenters. The molecule has 1 heterocycles. The smallest absolute Gasteiger partial charge is 0.0349 e. The lowest BCUT2D eigenvalue weighted by Crippen LogP contribution is -2.33. The van der Waals surface area contributed by atoms with Crippen LogP contribution in [0.3, 0.4) is 0 Å². The van der Waals surface area contributed by atoms with Crippen molar-refractivity contribution in [2.24, 2.45) is 0 Å². The van der Waals surface area contributed by atoms with E-state index in [0.717, 1.165) is 5.75 Å². The molecule has 1 N–H and O–H groups in total. The monoisotopic (exact) mass is 219 g/mol. The molecule has 0 aromatic heterocycles. The Morgan fingerprint density at radius 3 is 2.93 bits per heavy atom. The average molecular weight is 219 g/mol. The van der Waals surface area contributed by atoms with Gasteiger partial charge in [-0.15, -0.1) is 11.8 Å². The molecule has 1 aliphatic rings. The fraction of sp³-hybridized carbons (Fsp3) is 0.385. The standard InChI is InChI=1S/C13H17NS/c1-9(2)13(14-3)11-8-15-12-7-5-4-6-10(11)12/h4-7,11,13-14H,1,8H2,2-3H3. The highest BCUT2D eigenvalue weighted by molar-refractivity contribution is 7.99. The molecule has 1 aromatic carbocycles. The number of nitrogens with one attached hydrogen (secondary N) is 1. The summed E-state index contributed by atoms with van der Waals surface area (Å²) in [4.78, 5) is 1.43. The third kappa shape index (κ3) is 1.97. The maximum atomic E-state index is 4.07. The van der Waals surface area contributed by atoms with Gasteiger partial charge < -0.3 is 5.32 Å². The summed E-state index contributed by atoms with van der Waals surface area (Å²) in [7, 11) is 2.02. The van der Waals surface area contributed by atoms with E-state index in [0.29, 0.717) is 12.0 Å². The van der Waals surface area contributed by atoms with Gasteiger partial charge in [-0.05, 0) is 25.6 Å². The second kappa shape index (κ2) is 4.42. The zero-order valence-corrected chi connectivity index (χ0v) is 10.1. The van der Waals surface area contributed by atoms with Gasteiger partial charge in [0.1, 0.15) is 0 Å². The molecule has 0 fully saturated rings. The van der Waals surface area contributed by atoms with Crippen LogP contribution in [0.4, 0.5) is 0 Å². The third-order valence-corrected chi connectivity index (χ3v) is 4.19. The van der Waals surface area contributed by atoms with Crippen molar-refractivity contribution >= 4 is 11.8 Å². The molecule has 0 saturated heterocycles. The van der Waals surface area contributed by atoms with Crippen LogP contribution in [0, 0.1) is 0 Å². The molecular formula is C13H17NS. The van der Waals surface area contributed by atoms with Crippen LogP contribution in [-0.4, -0.2) is 18.8 Å². The summed E-state index contributed by atoms with van der Waals surface area (Å²) in [6, 6.07) is 9.10. The summed E-state index contributed by atoms with van der Waals surface area (Å²) < 4.78 is 0. The molecule has 15 heavy (non-hydrogen) atoms. The van der Waals surface area contributed by atoms with E-state index in [1.807, 2.05) is 18.8 Å². The Labute approximate surface area is 96.0 Å². The predicted molar refractivity (Wildman–Crippen MR) is 67.6 cm³/mol. The van der Waals surface area contributed by atoms with Crippen LogP contribution in [-0.2, 0) is 0 Å². The first-order valence-corrected chi connectivity index (χ1v) is 6.27. The molecule has 1 aliphatic heterocycles. The highest BCUT2D eigenvalue weighted by Crippen LogP contribution is 2.42. The third-order valence-electron chi connectivity index (χ3n) is 2.98. The Hall–Kier alpha value is -0.730. The topological polar surface area (TPSA) is 12.0 Å². The van der Waals surface area contributed by atoms with Crippen LogP contribution in [0.2, 0.25) is 0 Å². The summed E-state index contributed by atoms with van der Waals surface area (Å²) in [6.45, 7) is 6.18. The van der Waals surface area contributed by atoms with Crippen LogP contribution >= 0.6 is 11.8 Å². The Bertz CT molecular complexity index is 373. The second-order valence-corrected chi connectivity index (χ2v) is 5.13. The van der Waals surface area contributed by atoms with Crippen LogP contribution in [0.15, 0.2) is 41.3 Å². The quantitative estimate of drug-likeness (QED) is 0.784. The van der Waals surface area contributed by atoms with Crippen molar-refractivity contribution in [3.05, 3.63) is 42.0 Å². The maximum Gasteiger partial charge on any atom is 0.0349 e. The summed E-state index contributed by atoms with van der Waals surface area (Å²) in [6.07, 6.45) is 0. The molecule has 1 aromatic rings. The van der Waals surface area contributed by atoms with Crippen LogP contribution in [0.25, 0.3) is 0 Å². The molecular weight excluding hydrogens is 202 g/mol. The number of benzene rings is 1.